The molecule has 1 N–H and O–H groups in total. The average molecular weight is 474 g/mol. The Kier molecular flexibility index (Phi) is 7.29. The highest BCUT2D eigenvalue weighted by Crippen LogP contribution is 2.28. The second-order valence-electron chi connectivity index (χ2n) is 7.65. The number of carbonyl (C=O) groups is 3. The molecule has 8 heteroatoms. The fraction of sp³-hybridized carbons (Fsp3) is 0.154. The van der Waals surface area contributed by atoms with E-state index >= 15 is 0 Å². The number of esters is 1. The van der Waals surface area contributed by atoms with E-state index in [0.29, 0.717) is 12.1 Å². The first-order chi connectivity index (χ1) is 16.5. The molecule has 2 heterocycles. The summed E-state index contributed by atoms with van der Waals surface area (Å²) in [5.74, 6) is -1.38. The number of Topliss-reactive ketones (excluding diaryl/α,β-unsaturated/α-hetero) is 1. The topological polar surface area (TPSA) is 90.3 Å². The van der Waals surface area contributed by atoms with Crippen molar-refractivity contribution in [1.29, 1.82) is 0 Å². The molecule has 0 unspecified atom stereocenters. The highest BCUT2D eigenvalue weighted by Gasteiger charge is 2.23. The Morgan fingerprint density at radius 2 is 1.71 bits per heavy atom. The van der Waals surface area contributed by atoms with Gasteiger partial charge in [0, 0.05) is 6.20 Å². The quantitative estimate of drug-likeness (QED) is 0.370. The lowest BCUT2D eigenvalue weighted by atomic mass is 10.0. The van der Waals surface area contributed by atoms with Crippen molar-refractivity contribution in [2.75, 3.05) is 6.61 Å². The molecule has 0 radical (unpaired) electrons. The molecule has 1 atom stereocenters. The van der Waals surface area contributed by atoms with Crippen LogP contribution < -0.4 is 5.32 Å². The number of nitrogens with zero attached hydrogens (tertiary/aromatic N) is 2. The number of ketones is 1. The van der Waals surface area contributed by atoms with Crippen LogP contribution in [0.25, 0.3) is 16.3 Å². The summed E-state index contributed by atoms with van der Waals surface area (Å²) in [6, 6.07) is 21.9. The molecule has 2 aromatic heterocycles. The fourth-order valence-electron chi connectivity index (χ4n) is 3.42. The molecule has 1 amide bonds. The molecule has 0 bridgehead atoms. The van der Waals surface area contributed by atoms with E-state index < -0.39 is 24.5 Å². The third-order valence-electron chi connectivity index (χ3n) is 5.15. The van der Waals surface area contributed by atoms with Crippen molar-refractivity contribution in [3.8, 4) is 16.3 Å². The monoisotopic (exact) mass is 473 g/mol. The van der Waals surface area contributed by atoms with Crippen molar-refractivity contribution in [3.05, 3.63) is 95.5 Å². The van der Waals surface area contributed by atoms with Gasteiger partial charge in [0.25, 0.3) is 5.91 Å². The largest absolute Gasteiger partial charge is 0.452 e. The number of thiophene rings is 1. The van der Waals surface area contributed by atoms with Crippen molar-refractivity contribution in [3.63, 3.8) is 0 Å². The van der Waals surface area contributed by atoms with Crippen LogP contribution in [0.5, 0.6) is 0 Å². The molecule has 0 spiro atoms. The second-order valence-corrected chi connectivity index (χ2v) is 8.59. The lowest BCUT2D eigenvalue weighted by Gasteiger charge is -2.16. The Morgan fingerprint density at radius 3 is 2.35 bits per heavy atom. The lowest BCUT2D eigenvalue weighted by Crippen LogP contribution is -2.43. The summed E-state index contributed by atoms with van der Waals surface area (Å²) in [4.78, 5) is 38.2. The summed E-state index contributed by atoms with van der Waals surface area (Å²) in [7, 11) is 0. The van der Waals surface area contributed by atoms with Gasteiger partial charge in [-0.25, -0.2) is 9.48 Å². The van der Waals surface area contributed by atoms with Crippen molar-refractivity contribution in [1.82, 2.24) is 15.1 Å². The molecular formula is C26H23N3O4S. The van der Waals surface area contributed by atoms with Crippen molar-refractivity contribution < 1.29 is 19.1 Å². The van der Waals surface area contributed by atoms with Crippen LogP contribution >= 0.6 is 11.3 Å². The molecule has 0 fully saturated rings. The maximum absolute atomic E-state index is 12.9. The Labute approximate surface area is 201 Å². The van der Waals surface area contributed by atoms with E-state index in [4.69, 9.17) is 4.74 Å². The van der Waals surface area contributed by atoms with Gasteiger partial charge in [0.05, 0.1) is 16.6 Å². The van der Waals surface area contributed by atoms with Crippen molar-refractivity contribution in [2.24, 2.45) is 0 Å². The molecule has 0 aliphatic carbocycles. The van der Waals surface area contributed by atoms with Gasteiger partial charge in [-0.1, -0.05) is 54.6 Å². The summed E-state index contributed by atoms with van der Waals surface area (Å²) in [6.45, 7) is 0.920. The van der Waals surface area contributed by atoms with E-state index in [1.54, 1.807) is 10.9 Å². The number of hydrogen-bond donors (Lipinski definition) is 1. The zero-order valence-electron chi connectivity index (χ0n) is 18.5. The molecule has 4 rings (SSSR count). The molecule has 0 saturated heterocycles. The number of carbonyl (C=O) groups excluding carboxylic acids is 3. The summed E-state index contributed by atoms with van der Waals surface area (Å²) < 4.78 is 6.91. The number of rotatable bonds is 9. The highest BCUT2D eigenvalue weighted by molar-refractivity contribution is 7.13. The van der Waals surface area contributed by atoms with Gasteiger partial charge in [0.1, 0.15) is 11.3 Å². The van der Waals surface area contributed by atoms with Crippen LogP contribution in [0, 0.1) is 0 Å². The SMILES string of the molecule is CC(=O)[C@H](Cc1ccccc1)NC(=O)COC(=O)c1cn(-c2ccccc2)nc1-c1cccs1. The Balaban J connectivity index is 1.45. The first-order valence-corrected chi connectivity index (χ1v) is 11.6. The van der Waals surface area contributed by atoms with Crippen molar-refractivity contribution in [2.45, 2.75) is 19.4 Å². The zero-order chi connectivity index (χ0) is 23.9. The number of hydrogen-bond acceptors (Lipinski definition) is 6. The predicted octanol–water partition coefficient (Wildman–Crippen LogP) is 4.07. The summed E-state index contributed by atoms with van der Waals surface area (Å²) in [6.07, 6.45) is 1.96. The Bertz CT molecular complexity index is 1270. The van der Waals surface area contributed by atoms with E-state index in [2.05, 4.69) is 10.4 Å². The van der Waals surface area contributed by atoms with Crippen molar-refractivity contribution >= 4 is 29.0 Å². The third-order valence-corrected chi connectivity index (χ3v) is 6.03. The van der Waals surface area contributed by atoms with Crippen LogP contribution in [0.4, 0.5) is 0 Å². The van der Waals surface area contributed by atoms with E-state index in [9.17, 15) is 14.4 Å². The first kappa shape index (κ1) is 23.1. The van der Waals surface area contributed by atoms with E-state index in [0.717, 1.165) is 16.1 Å². The van der Waals surface area contributed by atoms with Crippen LogP contribution in [-0.2, 0) is 20.7 Å². The van der Waals surface area contributed by atoms with Gasteiger partial charge < -0.3 is 10.1 Å². The van der Waals surface area contributed by atoms with Crippen LogP contribution in [0.15, 0.2) is 84.4 Å². The number of benzene rings is 2. The molecular weight excluding hydrogens is 450 g/mol. The zero-order valence-corrected chi connectivity index (χ0v) is 19.3. The molecule has 34 heavy (non-hydrogen) atoms. The van der Waals surface area contributed by atoms with Crippen LogP contribution in [0.3, 0.4) is 0 Å². The molecule has 2 aromatic carbocycles. The van der Waals surface area contributed by atoms with Gasteiger partial charge in [-0.15, -0.1) is 11.3 Å². The maximum atomic E-state index is 12.9. The molecule has 4 aromatic rings. The molecule has 0 saturated carbocycles. The summed E-state index contributed by atoms with van der Waals surface area (Å²) in [5, 5.41) is 9.13. The van der Waals surface area contributed by atoms with Gasteiger partial charge in [0.2, 0.25) is 0 Å². The minimum atomic E-state index is -0.698. The van der Waals surface area contributed by atoms with Gasteiger partial charge >= 0.3 is 5.97 Å². The predicted molar refractivity (Wildman–Crippen MR) is 130 cm³/mol. The Morgan fingerprint density at radius 1 is 1.00 bits per heavy atom. The molecule has 172 valence electrons. The Hall–Kier alpha value is -4.04. The van der Waals surface area contributed by atoms with E-state index in [-0.39, 0.29) is 11.3 Å². The number of amides is 1. The number of aromatic nitrogens is 2. The van der Waals surface area contributed by atoms with Gasteiger partial charge in [-0.2, -0.15) is 5.10 Å². The average Bonchev–Trinajstić information content (AvgIpc) is 3.53. The van der Waals surface area contributed by atoms with E-state index in [1.165, 1.54) is 18.3 Å². The van der Waals surface area contributed by atoms with Crippen LogP contribution in [-0.4, -0.2) is 40.1 Å². The summed E-state index contributed by atoms with van der Waals surface area (Å²) in [5.41, 5.74) is 2.46. The lowest BCUT2D eigenvalue weighted by molar-refractivity contribution is -0.128. The maximum Gasteiger partial charge on any atom is 0.342 e. The minimum Gasteiger partial charge on any atom is -0.452 e. The fourth-order valence-corrected chi connectivity index (χ4v) is 4.15. The highest BCUT2D eigenvalue weighted by atomic mass is 32.1. The molecule has 0 aliphatic heterocycles. The summed E-state index contributed by atoms with van der Waals surface area (Å²) >= 11 is 1.45. The van der Waals surface area contributed by atoms with Gasteiger partial charge in [-0.05, 0) is 42.5 Å². The van der Waals surface area contributed by atoms with Gasteiger partial charge in [0.15, 0.2) is 12.4 Å². The second kappa shape index (κ2) is 10.7. The normalized spacial score (nSPS) is 11.6. The van der Waals surface area contributed by atoms with Gasteiger partial charge in [-0.3, -0.25) is 9.59 Å². The smallest absolute Gasteiger partial charge is 0.342 e. The van der Waals surface area contributed by atoms with Crippen LogP contribution in [0.1, 0.15) is 22.8 Å². The third kappa shape index (κ3) is 5.65. The molecule has 0 aliphatic rings. The minimum absolute atomic E-state index is 0.173. The number of para-hydroxylation sites is 1. The van der Waals surface area contributed by atoms with Crippen LogP contribution in [0.2, 0.25) is 0 Å². The van der Waals surface area contributed by atoms with E-state index in [1.807, 2.05) is 78.2 Å². The first-order valence-electron chi connectivity index (χ1n) is 10.7. The standard InChI is InChI=1S/C26H23N3O4S/c1-18(30)22(15-19-9-4-2-5-10-19)27-24(31)17-33-26(32)21-16-29(20-11-6-3-7-12-20)28-25(21)23-13-8-14-34-23/h2-14,16,22H,15,17H2,1H3,(H,27,31)/t22-/m0/s1. The number of ether oxygens (including phenoxy) is 1. The number of nitrogens with one attached hydrogen (secondary N) is 1. The molecule has 7 nitrogen and oxygen atoms in total.